The Labute approximate surface area is 143 Å². The molecule has 9 heteroatoms. The van der Waals surface area contributed by atoms with Crippen molar-refractivity contribution in [3.8, 4) is 0 Å². The van der Waals surface area contributed by atoms with Crippen LogP contribution in [-0.4, -0.2) is 69.6 Å². The summed E-state index contributed by atoms with van der Waals surface area (Å²) in [6, 6.07) is 6.87. The van der Waals surface area contributed by atoms with E-state index in [4.69, 9.17) is 4.74 Å². The van der Waals surface area contributed by atoms with E-state index in [9.17, 15) is 14.4 Å². The van der Waals surface area contributed by atoms with E-state index >= 15 is 0 Å². The van der Waals surface area contributed by atoms with Crippen molar-refractivity contribution in [2.45, 2.75) is 13.5 Å². The molecule has 9 nitrogen and oxygen atoms in total. The van der Waals surface area contributed by atoms with Crippen LogP contribution in [0.25, 0.3) is 10.9 Å². The van der Waals surface area contributed by atoms with E-state index in [1.54, 1.807) is 41.0 Å². The topological polar surface area (TPSA) is 97.6 Å². The lowest BCUT2D eigenvalue weighted by Crippen LogP contribution is -2.51. The van der Waals surface area contributed by atoms with E-state index in [2.05, 4.69) is 10.3 Å². The van der Waals surface area contributed by atoms with E-state index in [0.29, 0.717) is 43.7 Å². The molecule has 2 heterocycles. The molecule has 0 saturated carbocycles. The molecule has 0 bridgehead atoms. The molecule has 1 aromatic heterocycles. The van der Waals surface area contributed by atoms with E-state index in [0.717, 1.165) is 4.68 Å². The molecule has 25 heavy (non-hydrogen) atoms. The molecule has 1 aliphatic heterocycles. The molecule has 2 amide bonds. The van der Waals surface area contributed by atoms with Crippen LogP contribution in [0.5, 0.6) is 0 Å². The number of amides is 2. The first kappa shape index (κ1) is 16.9. The number of benzene rings is 1. The normalized spacial score (nSPS) is 14.6. The van der Waals surface area contributed by atoms with Gasteiger partial charge in [-0.15, -0.1) is 5.10 Å². The van der Waals surface area contributed by atoms with E-state index in [1.165, 1.54) is 0 Å². The van der Waals surface area contributed by atoms with Gasteiger partial charge in [-0.05, 0) is 19.1 Å². The van der Waals surface area contributed by atoms with Gasteiger partial charge in [0.1, 0.15) is 12.1 Å². The summed E-state index contributed by atoms with van der Waals surface area (Å²) in [5, 5.41) is 8.23. The minimum atomic E-state index is -0.369. The Morgan fingerprint density at radius 3 is 2.52 bits per heavy atom. The Bertz CT molecular complexity index is 842. The van der Waals surface area contributed by atoms with Gasteiger partial charge in [-0.1, -0.05) is 17.3 Å². The summed E-state index contributed by atoms with van der Waals surface area (Å²) in [7, 11) is 0. The predicted octanol–water partition coefficient (Wildman–Crippen LogP) is 0.0922. The smallest absolute Gasteiger partial charge is 0.409 e. The lowest BCUT2D eigenvalue weighted by molar-refractivity contribution is -0.133. The first-order valence-corrected chi connectivity index (χ1v) is 8.12. The number of nitrogens with zero attached hydrogens (tertiary/aromatic N) is 5. The molecule has 2 aromatic rings. The Kier molecular flexibility index (Phi) is 4.92. The van der Waals surface area contributed by atoms with Gasteiger partial charge in [-0.2, -0.15) is 0 Å². The largest absolute Gasteiger partial charge is 0.450 e. The molecular formula is C16H19N5O4. The van der Waals surface area contributed by atoms with Gasteiger partial charge in [-0.25, -0.2) is 9.48 Å². The van der Waals surface area contributed by atoms with Crippen molar-refractivity contribution >= 4 is 22.9 Å². The molecule has 0 aliphatic carbocycles. The molecule has 1 aliphatic rings. The van der Waals surface area contributed by atoms with Crippen LogP contribution in [0.3, 0.4) is 0 Å². The highest BCUT2D eigenvalue weighted by molar-refractivity contribution is 5.78. The zero-order chi connectivity index (χ0) is 17.8. The van der Waals surface area contributed by atoms with Crippen molar-refractivity contribution in [1.29, 1.82) is 0 Å². The van der Waals surface area contributed by atoms with Crippen LogP contribution in [0, 0.1) is 0 Å². The molecule has 0 atom stereocenters. The lowest BCUT2D eigenvalue weighted by atomic mass is 10.2. The second-order valence-electron chi connectivity index (χ2n) is 5.64. The van der Waals surface area contributed by atoms with E-state index in [-0.39, 0.29) is 24.1 Å². The van der Waals surface area contributed by atoms with Gasteiger partial charge in [0.05, 0.1) is 12.0 Å². The number of hydrogen-bond donors (Lipinski definition) is 0. The molecule has 132 valence electrons. The maximum atomic E-state index is 12.4. The quantitative estimate of drug-likeness (QED) is 0.782. The standard InChI is InChI=1S/C16H19N5O4/c1-2-25-16(24)20-9-7-19(8-10-20)14(22)11-21-15(23)12-5-3-4-6-13(12)17-18-21/h3-6H,2,7-11H2,1H3. The zero-order valence-corrected chi connectivity index (χ0v) is 13.9. The van der Waals surface area contributed by atoms with Crippen LogP contribution < -0.4 is 5.56 Å². The van der Waals surface area contributed by atoms with Crippen molar-refractivity contribution < 1.29 is 14.3 Å². The van der Waals surface area contributed by atoms with Gasteiger partial charge in [0.15, 0.2) is 0 Å². The first-order valence-electron chi connectivity index (χ1n) is 8.12. The number of carbonyl (C=O) groups excluding carboxylic acids is 2. The lowest BCUT2D eigenvalue weighted by Gasteiger charge is -2.34. The molecule has 0 N–H and O–H groups in total. The van der Waals surface area contributed by atoms with Crippen LogP contribution in [0.2, 0.25) is 0 Å². The summed E-state index contributed by atoms with van der Waals surface area (Å²) >= 11 is 0. The Morgan fingerprint density at radius 1 is 1.12 bits per heavy atom. The van der Waals surface area contributed by atoms with Crippen molar-refractivity contribution in [3.63, 3.8) is 0 Å². The second kappa shape index (κ2) is 7.29. The fraction of sp³-hybridized carbons (Fsp3) is 0.438. The fourth-order valence-corrected chi connectivity index (χ4v) is 2.71. The fourth-order valence-electron chi connectivity index (χ4n) is 2.71. The number of aromatic nitrogens is 3. The summed E-state index contributed by atoms with van der Waals surface area (Å²) in [6.45, 7) is 3.50. The minimum absolute atomic E-state index is 0.171. The summed E-state index contributed by atoms with van der Waals surface area (Å²) in [4.78, 5) is 39.6. The number of rotatable bonds is 3. The zero-order valence-electron chi connectivity index (χ0n) is 13.9. The van der Waals surface area contributed by atoms with Crippen LogP contribution in [0.15, 0.2) is 29.1 Å². The van der Waals surface area contributed by atoms with E-state index < -0.39 is 0 Å². The summed E-state index contributed by atoms with van der Waals surface area (Å²) in [6.07, 6.45) is -0.369. The van der Waals surface area contributed by atoms with Crippen LogP contribution >= 0.6 is 0 Å². The molecule has 1 fully saturated rings. The van der Waals surface area contributed by atoms with Crippen molar-refractivity contribution in [2.24, 2.45) is 0 Å². The van der Waals surface area contributed by atoms with Crippen molar-refractivity contribution in [1.82, 2.24) is 24.8 Å². The van der Waals surface area contributed by atoms with Gasteiger partial charge < -0.3 is 14.5 Å². The van der Waals surface area contributed by atoms with Crippen molar-refractivity contribution in [3.05, 3.63) is 34.6 Å². The van der Waals surface area contributed by atoms with Crippen LogP contribution in [-0.2, 0) is 16.1 Å². The third kappa shape index (κ3) is 3.59. The summed E-state index contributed by atoms with van der Waals surface area (Å²) < 4.78 is 6.02. The second-order valence-corrected chi connectivity index (χ2v) is 5.64. The molecule has 3 rings (SSSR count). The molecule has 0 spiro atoms. The molecular weight excluding hydrogens is 326 g/mol. The Hall–Kier alpha value is -2.97. The number of ether oxygens (including phenoxy) is 1. The van der Waals surface area contributed by atoms with Gasteiger partial charge in [0.2, 0.25) is 5.91 Å². The SMILES string of the molecule is CCOC(=O)N1CCN(C(=O)Cn2nnc3ccccc3c2=O)CC1. The van der Waals surface area contributed by atoms with E-state index in [1.807, 2.05) is 0 Å². The third-order valence-corrected chi connectivity index (χ3v) is 4.07. The number of carbonyl (C=O) groups is 2. The van der Waals surface area contributed by atoms with Gasteiger partial charge in [-0.3, -0.25) is 9.59 Å². The molecule has 0 unspecified atom stereocenters. The van der Waals surface area contributed by atoms with Gasteiger partial charge >= 0.3 is 6.09 Å². The maximum Gasteiger partial charge on any atom is 0.409 e. The highest BCUT2D eigenvalue weighted by atomic mass is 16.6. The number of fused-ring (bicyclic) bond motifs is 1. The average molecular weight is 345 g/mol. The molecule has 1 saturated heterocycles. The van der Waals surface area contributed by atoms with Crippen LogP contribution in [0.4, 0.5) is 4.79 Å². The van der Waals surface area contributed by atoms with Gasteiger partial charge in [0.25, 0.3) is 5.56 Å². The molecule has 0 radical (unpaired) electrons. The maximum absolute atomic E-state index is 12.4. The first-order chi connectivity index (χ1) is 12.1. The third-order valence-electron chi connectivity index (χ3n) is 4.07. The highest BCUT2D eigenvalue weighted by Crippen LogP contribution is 2.06. The summed E-state index contributed by atoms with van der Waals surface area (Å²) in [5.41, 5.74) is 0.156. The Morgan fingerprint density at radius 2 is 1.80 bits per heavy atom. The molecule has 1 aromatic carbocycles. The summed E-state index contributed by atoms with van der Waals surface area (Å²) in [5.74, 6) is -0.227. The van der Waals surface area contributed by atoms with Gasteiger partial charge in [0, 0.05) is 26.2 Å². The predicted molar refractivity (Wildman–Crippen MR) is 89.0 cm³/mol. The highest BCUT2D eigenvalue weighted by Gasteiger charge is 2.25. The van der Waals surface area contributed by atoms with Crippen LogP contribution in [0.1, 0.15) is 6.92 Å². The Balaban J connectivity index is 1.65. The number of piperazine rings is 1. The minimum Gasteiger partial charge on any atom is -0.450 e. The number of hydrogen-bond acceptors (Lipinski definition) is 6. The average Bonchev–Trinajstić information content (AvgIpc) is 2.64. The van der Waals surface area contributed by atoms with Crippen molar-refractivity contribution in [2.75, 3.05) is 32.8 Å². The monoisotopic (exact) mass is 345 g/mol.